The number of nitrogens with one attached hydrogen (secondary N) is 1. The molecule has 0 radical (unpaired) electrons. The number of rotatable bonds is 3. The van der Waals surface area contributed by atoms with Gasteiger partial charge in [-0.1, -0.05) is 0 Å². The lowest BCUT2D eigenvalue weighted by Gasteiger charge is -2.35. The molecule has 6 heteroatoms. The molecule has 2 saturated heterocycles. The Bertz CT molecular complexity index is 353. The van der Waals surface area contributed by atoms with Crippen LogP contribution in [0.3, 0.4) is 0 Å². The lowest BCUT2D eigenvalue weighted by Crippen LogP contribution is -2.50. The van der Waals surface area contributed by atoms with E-state index in [0.29, 0.717) is 45.3 Å². The predicted molar refractivity (Wildman–Crippen MR) is 79.2 cm³/mol. The molecule has 2 heterocycles. The standard InChI is InChI=1S/C15H28N2O4/c1-14(2,3)21-13(18)17-7-4-12(5-8-17)16-10-15(19)6-9-20-11-15/h12,16,19H,4-11H2,1-3H3. The second kappa shape index (κ2) is 6.50. The molecule has 0 aromatic heterocycles. The van der Waals surface area contributed by atoms with E-state index in [2.05, 4.69) is 5.32 Å². The largest absolute Gasteiger partial charge is 0.444 e. The molecule has 0 bridgehead atoms. The van der Waals surface area contributed by atoms with Crippen molar-refractivity contribution >= 4 is 6.09 Å². The van der Waals surface area contributed by atoms with Gasteiger partial charge in [-0.2, -0.15) is 0 Å². The predicted octanol–water partition coefficient (Wildman–Crippen LogP) is 1.13. The van der Waals surface area contributed by atoms with E-state index in [0.717, 1.165) is 12.8 Å². The number of hydrogen-bond acceptors (Lipinski definition) is 5. The zero-order valence-electron chi connectivity index (χ0n) is 13.4. The molecular weight excluding hydrogens is 272 g/mol. The molecule has 0 aliphatic carbocycles. The summed E-state index contributed by atoms with van der Waals surface area (Å²) in [7, 11) is 0. The minimum Gasteiger partial charge on any atom is -0.444 e. The molecule has 2 fully saturated rings. The van der Waals surface area contributed by atoms with Gasteiger partial charge in [0.1, 0.15) is 11.2 Å². The average Bonchev–Trinajstić information content (AvgIpc) is 2.82. The number of nitrogens with zero attached hydrogens (tertiary/aromatic N) is 1. The van der Waals surface area contributed by atoms with E-state index in [9.17, 15) is 9.90 Å². The smallest absolute Gasteiger partial charge is 0.410 e. The summed E-state index contributed by atoms with van der Waals surface area (Å²) in [6, 6.07) is 0.341. The second-order valence-corrected chi connectivity index (χ2v) is 7.15. The van der Waals surface area contributed by atoms with E-state index in [1.54, 1.807) is 4.90 Å². The summed E-state index contributed by atoms with van der Waals surface area (Å²) in [5.41, 5.74) is -1.17. The molecule has 2 aliphatic heterocycles. The van der Waals surface area contributed by atoms with Gasteiger partial charge >= 0.3 is 6.09 Å². The summed E-state index contributed by atoms with van der Waals surface area (Å²) in [5.74, 6) is 0. The molecule has 2 N–H and O–H groups in total. The maximum Gasteiger partial charge on any atom is 0.410 e. The Balaban J connectivity index is 1.69. The van der Waals surface area contributed by atoms with E-state index < -0.39 is 11.2 Å². The second-order valence-electron chi connectivity index (χ2n) is 7.15. The van der Waals surface area contributed by atoms with Crippen molar-refractivity contribution in [3.63, 3.8) is 0 Å². The van der Waals surface area contributed by atoms with Crippen LogP contribution in [0.4, 0.5) is 4.79 Å². The van der Waals surface area contributed by atoms with E-state index in [1.807, 2.05) is 20.8 Å². The zero-order chi connectivity index (χ0) is 15.5. The molecule has 2 rings (SSSR count). The van der Waals surface area contributed by atoms with Crippen molar-refractivity contribution in [2.75, 3.05) is 32.8 Å². The number of ether oxygens (including phenoxy) is 2. The summed E-state index contributed by atoms with van der Waals surface area (Å²) >= 11 is 0. The van der Waals surface area contributed by atoms with Gasteiger partial charge in [0.2, 0.25) is 0 Å². The highest BCUT2D eigenvalue weighted by Gasteiger charge is 2.33. The zero-order valence-corrected chi connectivity index (χ0v) is 13.4. The number of carbonyl (C=O) groups is 1. The fourth-order valence-corrected chi connectivity index (χ4v) is 2.66. The monoisotopic (exact) mass is 300 g/mol. The van der Waals surface area contributed by atoms with Gasteiger partial charge in [0.15, 0.2) is 0 Å². The lowest BCUT2D eigenvalue weighted by molar-refractivity contribution is 0.0132. The summed E-state index contributed by atoms with van der Waals surface area (Å²) in [6.07, 6.45) is 2.23. The SMILES string of the molecule is CC(C)(C)OC(=O)N1CCC(NCC2(O)CCOC2)CC1. The Morgan fingerprint density at radius 3 is 2.62 bits per heavy atom. The van der Waals surface area contributed by atoms with E-state index in [4.69, 9.17) is 9.47 Å². The first-order valence-corrected chi connectivity index (χ1v) is 7.79. The first-order valence-electron chi connectivity index (χ1n) is 7.79. The maximum absolute atomic E-state index is 12.0. The highest BCUT2D eigenvalue weighted by molar-refractivity contribution is 5.68. The lowest BCUT2D eigenvalue weighted by atomic mass is 10.0. The van der Waals surface area contributed by atoms with Crippen molar-refractivity contribution in [3.8, 4) is 0 Å². The highest BCUT2D eigenvalue weighted by Crippen LogP contribution is 2.19. The molecule has 6 nitrogen and oxygen atoms in total. The van der Waals surface area contributed by atoms with Crippen LogP contribution in [0.2, 0.25) is 0 Å². The fraction of sp³-hybridized carbons (Fsp3) is 0.933. The molecule has 2 aliphatic rings. The molecule has 122 valence electrons. The Morgan fingerprint density at radius 2 is 2.10 bits per heavy atom. The van der Waals surface area contributed by atoms with Gasteiger partial charge < -0.3 is 24.8 Å². The molecule has 1 amide bonds. The van der Waals surface area contributed by atoms with E-state index in [1.165, 1.54) is 0 Å². The summed E-state index contributed by atoms with van der Waals surface area (Å²) < 4.78 is 10.6. The number of aliphatic hydroxyl groups is 1. The molecule has 1 atom stereocenters. The van der Waals surface area contributed by atoms with Crippen molar-refractivity contribution in [3.05, 3.63) is 0 Å². The van der Waals surface area contributed by atoms with Gasteiger partial charge in [0, 0.05) is 38.7 Å². The first-order chi connectivity index (χ1) is 9.77. The summed E-state index contributed by atoms with van der Waals surface area (Å²) in [4.78, 5) is 13.7. The number of carbonyl (C=O) groups excluding carboxylic acids is 1. The van der Waals surface area contributed by atoms with Gasteiger partial charge in [0.05, 0.1) is 6.61 Å². The molecule has 0 aromatic carbocycles. The Kier molecular flexibility index (Phi) is 5.11. The van der Waals surface area contributed by atoms with Crippen LogP contribution in [0.5, 0.6) is 0 Å². The van der Waals surface area contributed by atoms with Gasteiger partial charge in [0.25, 0.3) is 0 Å². The topological polar surface area (TPSA) is 71.0 Å². The minimum absolute atomic E-state index is 0.233. The average molecular weight is 300 g/mol. The quantitative estimate of drug-likeness (QED) is 0.817. The third-order valence-corrected chi connectivity index (χ3v) is 3.95. The number of amides is 1. The third kappa shape index (κ3) is 5.13. The molecule has 0 spiro atoms. The number of piperidine rings is 1. The van der Waals surface area contributed by atoms with Crippen molar-refractivity contribution in [2.24, 2.45) is 0 Å². The van der Waals surface area contributed by atoms with Crippen LogP contribution in [0.1, 0.15) is 40.0 Å². The van der Waals surface area contributed by atoms with Crippen molar-refractivity contribution in [1.29, 1.82) is 0 Å². The molecule has 21 heavy (non-hydrogen) atoms. The van der Waals surface area contributed by atoms with Crippen LogP contribution < -0.4 is 5.32 Å². The normalized spacial score (nSPS) is 27.9. The minimum atomic E-state index is -0.720. The summed E-state index contributed by atoms with van der Waals surface area (Å²) in [5, 5.41) is 13.6. The van der Waals surface area contributed by atoms with Crippen LogP contribution in [-0.2, 0) is 9.47 Å². The highest BCUT2D eigenvalue weighted by atomic mass is 16.6. The first kappa shape index (κ1) is 16.5. The van der Waals surface area contributed by atoms with Crippen molar-refractivity contribution in [1.82, 2.24) is 10.2 Å². The number of hydrogen-bond donors (Lipinski definition) is 2. The number of likely N-dealkylation sites (tertiary alicyclic amines) is 1. The van der Waals surface area contributed by atoms with Crippen LogP contribution in [0.25, 0.3) is 0 Å². The third-order valence-electron chi connectivity index (χ3n) is 3.95. The van der Waals surface area contributed by atoms with Gasteiger partial charge in [-0.15, -0.1) is 0 Å². The molecular formula is C15H28N2O4. The van der Waals surface area contributed by atoms with Crippen molar-refractivity contribution in [2.45, 2.75) is 57.3 Å². The fourth-order valence-electron chi connectivity index (χ4n) is 2.66. The molecule has 0 saturated carbocycles. The summed E-state index contributed by atoms with van der Waals surface area (Å²) in [6.45, 7) is 8.63. The van der Waals surface area contributed by atoms with Gasteiger partial charge in [-0.25, -0.2) is 4.79 Å². The van der Waals surface area contributed by atoms with E-state index in [-0.39, 0.29) is 6.09 Å². The van der Waals surface area contributed by atoms with E-state index >= 15 is 0 Å². The Hall–Kier alpha value is -0.850. The Morgan fingerprint density at radius 1 is 1.43 bits per heavy atom. The van der Waals surface area contributed by atoms with Crippen LogP contribution in [0.15, 0.2) is 0 Å². The maximum atomic E-state index is 12.0. The molecule has 1 unspecified atom stereocenters. The van der Waals surface area contributed by atoms with Crippen LogP contribution in [-0.4, -0.2) is 66.2 Å². The van der Waals surface area contributed by atoms with Crippen LogP contribution >= 0.6 is 0 Å². The van der Waals surface area contributed by atoms with Crippen molar-refractivity contribution < 1.29 is 19.4 Å². The molecule has 0 aromatic rings. The van der Waals surface area contributed by atoms with Gasteiger partial charge in [-0.05, 0) is 33.6 Å². The van der Waals surface area contributed by atoms with Crippen LogP contribution in [0, 0.1) is 0 Å². The Labute approximate surface area is 126 Å². The van der Waals surface area contributed by atoms with Gasteiger partial charge in [-0.3, -0.25) is 0 Å².